The number of hydrogen-bond acceptors (Lipinski definition) is 1. The Hall–Kier alpha value is -0.0400. The summed E-state index contributed by atoms with van der Waals surface area (Å²) in [5, 5.41) is 0. The summed E-state index contributed by atoms with van der Waals surface area (Å²) in [6, 6.07) is 0. The highest BCUT2D eigenvalue weighted by Crippen LogP contribution is 2.38. The molecular weight excluding hydrogens is 146 g/mol. The molecule has 70 valence electrons. The van der Waals surface area contributed by atoms with Crippen molar-refractivity contribution in [1.82, 2.24) is 4.90 Å². The first kappa shape index (κ1) is 8.55. The quantitative estimate of drug-likeness (QED) is 0.610. The molecule has 2 aliphatic rings. The van der Waals surface area contributed by atoms with Crippen LogP contribution in [0.15, 0.2) is 0 Å². The van der Waals surface area contributed by atoms with Gasteiger partial charge in [0.25, 0.3) is 0 Å². The molecule has 1 saturated heterocycles. The van der Waals surface area contributed by atoms with Crippen LogP contribution in [0.4, 0.5) is 0 Å². The summed E-state index contributed by atoms with van der Waals surface area (Å²) >= 11 is 0. The highest BCUT2D eigenvalue weighted by molar-refractivity contribution is 4.86. The third-order valence-electron chi connectivity index (χ3n) is 3.51. The molecule has 1 heteroatoms. The standard InChI is InChI=1S/C11H21N/c1-9-4-3-5-12(7-9)8-11-6-10(11)2/h9-11H,3-8H2,1-2H3/t9-,10?,11?/m0/s1. The molecule has 2 unspecified atom stereocenters. The average molecular weight is 167 g/mol. The van der Waals surface area contributed by atoms with Crippen molar-refractivity contribution >= 4 is 0 Å². The summed E-state index contributed by atoms with van der Waals surface area (Å²) in [7, 11) is 0. The molecule has 2 fully saturated rings. The maximum atomic E-state index is 2.68. The van der Waals surface area contributed by atoms with Crippen LogP contribution >= 0.6 is 0 Å². The molecule has 3 atom stereocenters. The third kappa shape index (κ3) is 2.01. The predicted octanol–water partition coefficient (Wildman–Crippen LogP) is 2.37. The molecule has 0 radical (unpaired) electrons. The largest absolute Gasteiger partial charge is 0.303 e. The van der Waals surface area contributed by atoms with Gasteiger partial charge >= 0.3 is 0 Å². The fraction of sp³-hybridized carbons (Fsp3) is 1.00. The third-order valence-corrected chi connectivity index (χ3v) is 3.51. The SMILES string of the molecule is CC1CC1CN1CCC[C@H](C)C1. The minimum absolute atomic E-state index is 0.952. The average Bonchev–Trinajstić information content (AvgIpc) is 2.66. The lowest BCUT2D eigenvalue weighted by molar-refractivity contribution is 0.175. The van der Waals surface area contributed by atoms with Gasteiger partial charge in [0, 0.05) is 13.1 Å². The first-order valence-electron chi connectivity index (χ1n) is 5.48. The molecule has 1 aliphatic carbocycles. The first-order chi connectivity index (χ1) is 5.75. The van der Waals surface area contributed by atoms with Crippen LogP contribution in [0.25, 0.3) is 0 Å². The van der Waals surface area contributed by atoms with E-state index in [0.29, 0.717) is 0 Å². The van der Waals surface area contributed by atoms with Gasteiger partial charge in [-0.05, 0) is 43.6 Å². The van der Waals surface area contributed by atoms with E-state index in [1.165, 1.54) is 38.9 Å². The molecule has 0 aromatic rings. The molecule has 1 heterocycles. The lowest BCUT2D eigenvalue weighted by Crippen LogP contribution is -2.35. The molecule has 0 N–H and O–H groups in total. The van der Waals surface area contributed by atoms with Crippen molar-refractivity contribution in [3.63, 3.8) is 0 Å². The number of likely N-dealkylation sites (tertiary alicyclic amines) is 1. The molecule has 1 nitrogen and oxygen atoms in total. The van der Waals surface area contributed by atoms with Crippen molar-refractivity contribution < 1.29 is 0 Å². The Balaban J connectivity index is 1.72. The second-order valence-corrected chi connectivity index (χ2v) is 4.98. The van der Waals surface area contributed by atoms with Crippen LogP contribution in [0.2, 0.25) is 0 Å². The molecule has 1 aliphatic heterocycles. The predicted molar refractivity (Wildman–Crippen MR) is 52.1 cm³/mol. The highest BCUT2D eigenvalue weighted by Gasteiger charge is 2.34. The van der Waals surface area contributed by atoms with Gasteiger partial charge in [0.05, 0.1) is 0 Å². The highest BCUT2D eigenvalue weighted by atomic mass is 15.1. The molecule has 2 rings (SSSR count). The van der Waals surface area contributed by atoms with Crippen LogP contribution in [0.3, 0.4) is 0 Å². The van der Waals surface area contributed by atoms with Crippen molar-refractivity contribution in [2.75, 3.05) is 19.6 Å². The van der Waals surface area contributed by atoms with E-state index in [1.807, 2.05) is 0 Å². The van der Waals surface area contributed by atoms with Crippen LogP contribution in [0, 0.1) is 17.8 Å². The summed E-state index contributed by atoms with van der Waals surface area (Å²) in [6.45, 7) is 8.91. The van der Waals surface area contributed by atoms with E-state index in [2.05, 4.69) is 18.7 Å². The van der Waals surface area contributed by atoms with Gasteiger partial charge in [0.15, 0.2) is 0 Å². The van der Waals surface area contributed by atoms with Gasteiger partial charge in [-0.25, -0.2) is 0 Å². The number of piperidine rings is 1. The van der Waals surface area contributed by atoms with Crippen LogP contribution in [0.1, 0.15) is 33.1 Å². The second kappa shape index (κ2) is 3.37. The minimum atomic E-state index is 0.952. The normalized spacial score (nSPS) is 43.0. The molecule has 0 aromatic heterocycles. The molecular formula is C11H21N. The Kier molecular flexibility index (Phi) is 2.40. The maximum Gasteiger partial charge on any atom is 0.00124 e. The Morgan fingerprint density at radius 3 is 2.67 bits per heavy atom. The number of rotatable bonds is 2. The van der Waals surface area contributed by atoms with Gasteiger partial charge in [0.1, 0.15) is 0 Å². The van der Waals surface area contributed by atoms with E-state index in [-0.39, 0.29) is 0 Å². The Bertz CT molecular complexity index is 155. The molecule has 0 bridgehead atoms. The van der Waals surface area contributed by atoms with E-state index in [0.717, 1.165) is 17.8 Å². The topological polar surface area (TPSA) is 3.24 Å². The van der Waals surface area contributed by atoms with Crippen molar-refractivity contribution in [1.29, 1.82) is 0 Å². The Morgan fingerprint density at radius 2 is 2.08 bits per heavy atom. The Labute approximate surface area is 76.1 Å². The smallest absolute Gasteiger partial charge is 0.00124 e. The van der Waals surface area contributed by atoms with Crippen LogP contribution in [0.5, 0.6) is 0 Å². The molecule has 12 heavy (non-hydrogen) atoms. The van der Waals surface area contributed by atoms with Gasteiger partial charge in [-0.3, -0.25) is 0 Å². The van der Waals surface area contributed by atoms with E-state index >= 15 is 0 Å². The van der Waals surface area contributed by atoms with Gasteiger partial charge in [-0.2, -0.15) is 0 Å². The van der Waals surface area contributed by atoms with Gasteiger partial charge in [-0.1, -0.05) is 13.8 Å². The van der Waals surface area contributed by atoms with E-state index in [9.17, 15) is 0 Å². The van der Waals surface area contributed by atoms with Crippen LogP contribution in [-0.2, 0) is 0 Å². The van der Waals surface area contributed by atoms with E-state index < -0.39 is 0 Å². The fourth-order valence-corrected chi connectivity index (χ4v) is 2.44. The second-order valence-electron chi connectivity index (χ2n) is 4.98. The zero-order valence-electron chi connectivity index (χ0n) is 8.42. The first-order valence-corrected chi connectivity index (χ1v) is 5.48. The van der Waals surface area contributed by atoms with Crippen molar-refractivity contribution in [2.45, 2.75) is 33.1 Å². The minimum Gasteiger partial charge on any atom is -0.303 e. The zero-order chi connectivity index (χ0) is 8.55. The molecule has 0 spiro atoms. The lowest BCUT2D eigenvalue weighted by Gasteiger charge is -2.30. The number of nitrogens with zero attached hydrogens (tertiary/aromatic N) is 1. The van der Waals surface area contributed by atoms with Gasteiger partial charge in [0.2, 0.25) is 0 Å². The lowest BCUT2D eigenvalue weighted by atomic mass is 10.00. The van der Waals surface area contributed by atoms with Crippen molar-refractivity contribution in [3.05, 3.63) is 0 Å². The maximum absolute atomic E-state index is 2.68. The molecule has 0 amide bonds. The van der Waals surface area contributed by atoms with Gasteiger partial charge < -0.3 is 4.90 Å². The zero-order valence-corrected chi connectivity index (χ0v) is 8.42. The van der Waals surface area contributed by atoms with Crippen LogP contribution < -0.4 is 0 Å². The summed E-state index contributed by atoms with van der Waals surface area (Å²) in [5.74, 6) is 3.03. The summed E-state index contributed by atoms with van der Waals surface area (Å²) in [6.07, 6.45) is 4.38. The molecule has 1 saturated carbocycles. The van der Waals surface area contributed by atoms with E-state index in [1.54, 1.807) is 0 Å². The molecule has 0 aromatic carbocycles. The van der Waals surface area contributed by atoms with Crippen LogP contribution in [-0.4, -0.2) is 24.5 Å². The van der Waals surface area contributed by atoms with Crippen molar-refractivity contribution in [3.8, 4) is 0 Å². The van der Waals surface area contributed by atoms with Crippen molar-refractivity contribution in [2.24, 2.45) is 17.8 Å². The summed E-state index contributed by atoms with van der Waals surface area (Å²) in [4.78, 5) is 2.68. The number of hydrogen-bond donors (Lipinski definition) is 0. The monoisotopic (exact) mass is 167 g/mol. The summed E-state index contributed by atoms with van der Waals surface area (Å²) < 4.78 is 0. The summed E-state index contributed by atoms with van der Waals surface area (Å²) in [5.41, 5.74) is 0. The fourth-order valence-electron chi connectivity index (χ4n) is 2.44. The van der Waals surface area contributed by atoms with E-state index in [4.69, 9.17) is 0 Å². The Morgan fingerprint density at radius 1 is 1.33 bits per heavy atom. The van der Waals surface area contributed by atoms with Gasteiger partial charge in [-0.15, -0.1) is 0 Å².